The van der Waals surface area contributed by atoms with Crippen molar-refractivity contribution in [1.29, 1.82) is 0 Å². The molecule has 0 fully saturated rings. The Labute approximate surface area is 152 Å². The number of rotatable bonds is 6. The Morgan fingerprint density at radius 2 is 1.88 bits per heavy atom. The van der Waals surface area contributed by atoms with Crippen LogP contribution in [-0.4, -0.2) is 27.3 Å². The molecule has 3 aromatic rings. The quantitative estimate of drug-likeness (QED) is 0.457. The van der Waals surface area contributed by atoms with Gasteiger partial charge in [-0.05, 0) is 36.1 Å². The molecule has 0 bridgehead atoms. The van der Waals surface area contributed by atoms with E-state index in [0.29, 0.717) is 12.4 Å². The SMILES string of the molecule is CSc1nnc(COc2ccccc2)n1/N=C\c1ccc(Br)cc1. The molecular weight excluding hydrogens is 388 g/mol. The minimum Gasteiger partial charge on any atom is -0.486 e. The highest BCUT2D eigenvalue weighted by molar-refractivity contribution is 9.10. The average molecular weight is 403 g/mol. The van der Waals surface area contributed by atoms with Gasteiger partial charge in [-0.1, -0.05) is 58.0 Å². The van der Waals surface area contributed by atoms with E-state index in [-0.39, 0.29) is 0 Å². The molecule has 0 aliphatic rings. The van der Waals surface area contributed by atoms with Crippen LogP contribution < -0.4 is 4.74 Å². The van der Waals surface area contributed by atoms with E-state index in [1.165, 1.54) is 11.8 Å². The summed E-state index contributed by atoms with van der Waals surface area (Å²) in [5.41, 5.74) is 0.994. The lowest BCUT2D eigenvalue weighted by atomic mass is 10.2. The predicted molar refractivity (Wildman–Crippen MR) is 99.7 cm³/mol. The van der Waals surface area contributed by atoms with Gasteiger partial charge < -0.3 is 4.74 Å². The fraction of sp³-hybridized carbons (Fsp3) is 0.118. The van der Waals surface area contributed by atoms with Crippen LogP contribution in [0.25, 0.3) is 0 Å². The van der Waals surface area contributed by atoms with E-state index in [2.05, 4.69) is 31.2 Å². The minimum absolute atomic E-state index is 0.301. The molecule has 1 heterocycles. The average Bonchev–Trinajstić information content (AvgIpc) is 3.02. The van der Waals surface area contributed by atoms with Crippen molar-refractivity contribution < 1.29 is 4.74 Å². The molecule has 1 aromatic heterocycles. The van der Waals surface area contributed by atoms with Crippen molar-refractivity contribution in [3.05, 3.63) is 70.5 Å². The third-order valence-electron chi connectivity index (χ3n) is 3.16. The number of hydrogen-bond donors (Lipinski definition) is 0. The molecule has 3 rings (SSSR count). The number of aromatic nitrogens is 3. The van der Waals surface area contributed by atoms with Gasteiger partial charge in [0.15, 0.2) is 5.82 Å². The number of halogens is 1. The van der Waals surface area contributed by atoms with Gasteiger partial charge >= 0.3 is 0 Å². The predicted octanol–water partition coefficient (Wildman–Crippen LogP) is 4.22. The van der Waals surface area contributed by atoms with Crippen LogP contribution in [0, 0.1) is 0 Å². The van der Waals surface area contributed by atoms with E-state index in [0.717, 1.165) is 20.9 Å². The summed E-state index contributed by atoms with van der Waals surface area (Å²) < 4.78 is 8.48. The molecule has 0 radical (unpaired) electrons. The van der Waals surface area contributed by atoms with Crippen LogP contribution in [0.2, 0.25) is 0 Å². The molecule has 5 nitrogen and oxygen atoms in total. The Kier molecular flexibility index (Phi) is 5.66. The molecule has 0 atom stereocenters. The molecule has 122 valence electrons. The van der Waals surface area contributed by atoms with Gasteiger partial charge in [0.25, 0.3) is 0 Å². The van der Waals surface area contributed by atoms with Crippen LogP contribution in [0.4, 0.5) is 0 Å². The lowest BCUT2D eigenvalue weighted by molar-refractivity contribution is 0.290. The second-order valence-corrected chi connectivity index (χ2v) is 6.50. The molecule has 0 unspecified atom stereocenters. The van der Waals surface area contributed by atoms with E-state index in [1.54, 1.807) is 10.9 Å². The zero-order chi connectivity index (χ0) is 16.8. The van der Waals surface area contributed by atoms with E-state index < -0.39 is 0 Å². The third kappa shape index (κ3) is 4.24. The van der Waals surface area contributed by atoms with Gasteiger partial charge in [0.2, 0.25) is 5.16 Å². The zero-order valence-corrected chi connectivity index (χ0v) is 15.4. The fourth-order valence-corrected chi connectivity index (χ4v) is 2.68. The molecule has 0 aliphatic carbocycles. The topological polar surface area (TPSA) is 52.3 Å². The lowest BCUT2D eigenvalue weighted by Crippen LogP contribution is -2.04. The van der Waals surface area contributed by atoms with Crippen molar-refractivity contribution in [2.45, 2.75) is 11.8 Å². The number of benzene rings is 2. The van der Waals surface area contributed by atoms with Gasteiger partial charge in [-0.25, -0.2) is 0 Å². The van der Waals surface area contributed by atoms with Crippen LogP contribution in [0.15, 0.2) is 69.3 Å². The first-order chi connectivity index (χ1) is 11.8. The zero-order valence-electron chi connectivity index (χ0n) is 13.0. The van der Waals surface area contributed by atoms with Crippen LogP contribution >= 0.6 is 27.7 Å². The summed E-state index contributed by atoms with van der Waals surface area (Å²) in [5, 5.41) is 13.5. The molecule has 0 aliphatic heterocycles. The summed E-state index contributed by atoms with van der Waals surface area (Å²) >= 11 is 4.91. The smallest absolute Gasteiger partial charge is 0.211 e. The van der Waals surface area contributed by atoms with Gasteiger partial charge in [0.1, 0.15) is 12.4 Å². The standard InChI is InChI=1S/C17H15BrN4OS/c1-24-17-21-20-16(12-23-15-5-3-2-4-6-15)22(17)19-11-13-7-9-14(18)10-8-13/h2-11H,12H2,1H3/b19-11-. The summed E-state index contributed by atoms with van der Waals surface area (Å²) in [6, 6.07) is 17.5. The number of para-hydroxylation sites is 1. The van der Waals surface area contributed by atoms with Gasteiger partial charge in [-0.2, -0.15) is 9.78 Å². The van der Waals surface area contributed by atoms with E-state index in [1.807, 2.05) is 60.9 Å². The maximum Gasteiger partial charge on any atom is 0.211 e. The molecule has 0 N–H and O–H groups in total. The Balaban J connectivity index is 1.78. The molecule has 0 spiro atoms. The van der Waals surface area contributed by atoms with Gasteiger partial charge in [0, 0.05) is 4.47 Å². The van der Waals surface area contributed by atoms with Crippen molar-refractivity contribution in [3.63, 3.8) is 0 Å². The van der Waals surface area contributed by atoms with Crippen LogP contribution in [0.3, 0.4) is 0 Å². The van der Waals surface area contributed by atoms with Crippen LogP contribution in [-0.2, 0) is 6.61 Å². The Morgan fingerprint density at radius 1 is 1.12 bits per heavy atom. The van der Waals surface area contributed by atoms with Gasteiger partial charge in [-0.3, -0.25) is 0 Å². The molecule has 7 heteroatoms. The molecule has 0 saturated heterocycles. The number of hydrogen-bond acceptors (Lipinski definition) is 5. The number of nitrogens with zero attached hydrogens (tertiary/aromatic N) is 4. The van der Waals surface area contributed by atoms with Crippen molar-refractivity contribution in [1.82, 2.24) is 14.9 Å². The summed E-state index contributed by atoms with van der Waals surface area (Å²) in [4.78, 5) is 0. The van der Waals surface area contributed by atoms with Gasteiger partial charge in [-0.15, -0.1) is 10.2 Å². The minimum atomic E-state index is 0.301. The van der Waals surface area contributed by atoms with Gasteiger partial charge in [0.05, 0.1) is 6.21 Å². The number of thioether (sulfide) groups is 1. The first-order valence-electron chi connectivity index (χ1n) is 7.22. The maximum atomic E-state index is 5.75. The van der Waals surface area contributed by atoms with Crippen molar-refractivity contribution in [3.8, 4) is 5.75 Å². The van der Waals surface area contributed by atoms with Crippen molar-refractivity contribution >= 4 is 33.9 Å². The highest BCUT2D eigenvalue weighted by atomic mass is 79.9. The third-order valence-corrected chi connectivity index (χ3v) is 4.31. The molecule has 0 saturated carbocycles. The normalized spacial score (nSPS) is 11.1. The second kappa shape index (κ2) is 8.12. The van der Waals surface area contributed by atoms with Crippen molar-refractivity contribution in [2.75, 3.05) is 6.26 Å². The number of ether oxygens (including phenoxy) is 1. The maximum absolute atomic E-state index is 5.75. The highest BCUT2D eigenvalue weighted by Gasteiger charge is 2.11. The monoisotopic (exact) mass is 402 g/mol. The summed E-state index contributed by atoms with van der Waals surface area (Å²) in [6.07, 6.45) is 3.72. The molecular formula is C17H15BrN4OS. The first kappa shape index (κ1) is 16.7. The van der Waals surface area contributed by atoms with E-state index in [9.17, 15) is 0 Å². The molecule has 2 aromatic carbocycles. The van der Waals surface area contributed by atoms with Crippen molar-refractivity contribution in [2.24, 2.45) is 5.10 Å². The summed E-state index contributed by atoms with van der Waals surface area (Å²) in [7, 11) is 0. The second-order valence-electron chi connectivity index (χ2n) is 4.81. The fourth-order valence-electron chi connectivity index (χ4n) is 1.97. The first-order valence-corrected chi connectivity index (χ1v) is 9.24. The largest absolute Gasteiger partial charge is 0.486 e. The molecule has 0 amide bonds. The van der Waals surface area contributed by atoms with Crippen LogP contribution in [0.1, 0.15) is 11.4 Å². The highest BCUT2D eigenvalue weighted by Crippen LogP contribution is 2.16. The van der Waals surface area contributed by atoms with Crippen LogP contribution in [0.5, 0.6) is 5.75 Å². The Bertz CT molecular complexity index is 818. The lowest BCUT2D eigenvalue weighted by Gasteiger charge is -2.06. The van der Waals surface area contributed by atoms with E-state index in [4.69, 9.17) is 4.74 Å². The Hall–Kier alpha value is -2.12. The Morgan fingerprint density at radius 3 is 2.58 bits per heavy atom. The molecule has 24 heavy (non-hydrogen) atoms. The van der Waals surface area contributed by atoms with E-state index >= 15 is 0 Å². The summed E-state index contributed by atoms with van der Waals surface area (Å²) in [6.45, 7) is 0.301. The summed E-state index contributed by atoms with van der Waals surface area (Å²) in [5.74, 6) is 1.44.